The van der Waals surface area contributed by atoms with Gasteiger partial charge in [0.25, 0.3) is 0 Å². The summed E-state index contributed by atoms with van der Waals surface area (Å²) < 4.78 is 1.12. The summed E-state index contributed by atoms with van der Waals surface area (Å²) in [4.78, 5) is 2.56. The molecule has 0 amide bonds. The Morgan fingerprint density at radius 2 is 1.90 bits per heavy atom. The molecular formula is C15H23BrCl2N2O. The molecule has 120 valence electrons. The van der Waals surface area contributed by atoms with Crippen molar-refractivity contribution in [3.05, 3.63) is 28.2 Å². The third-order valence-electron chi connectivity index (χ3n) is 4.18. The molecule has 0 aromatic heterocycles. The summed E-state index contributed by atoms with van der Waals surface area (Å²) >= 11 is 3.65. The summed E-state index contributed by atoms with van der Waals surface area (Å²) in [6.45, 7) is 4.33. The second-order valence-corrected chi connectivity index (χ2v) is 6.54. The number of rotatable bonds is 4. The van der Waals surface area contributed by atoms with E-state index >= 15 is 0 Å². The predicted octanol–water partition coefficient (Wildman–Crippen LogP) is 3.74. The van der Waals surface area contributed by atoms with Gasteiger partial charge in [-0.1, -0.05) is 28.8 Å². The molecule has 6 heteroatoms. The van der Waals surface area contributed by atoms with Gasteiger partial charge in [0.2, 0.25) is 0 Å². The van der Waals surface area contributed by atoms with Crippen LogP contribution in [0.4, 0.5) is 0 Å². The highest BCUT2D eigenvalue weighted by atomic mass is 79.9. The maximum Gasteiger partial charge on any atom is 0.115 e. The number of hydrogen-bond donors (Lipinski definition) is 2. The fraction of sp³-hybridized carbons (Fsp3) is 0.600. The Morgan fingerprint density at radius 3 is 2.52 bits per heavy atom. The molecule has 0 spiro atoms. The van der Waals surface area contributed by atoms with Crippen molar-refractivity contribution in [3.63, 3.8) is 0 Å². The van der Waals surface area contributed by atoms with E-state index in [4.69, 9.17) is 0 Å². The maximum absolute atomic E-state index is 9.78. The SMILES string of the molecule is Cl.Cl.Oc1ccc(Br)c([C@@H](CC2CC2)N2CCNCC2)c1. The summed E-state index contributed by atoms with van der Waals surface area (Å²) in [5, 5.41) is 13.2. The number of halogens is 3. The van der Waals surface area contributed by atoms with Gasteiger partial charge in [-0.2, -0.15) is 0 Å². The minimum absolute atomic E-state index is 0. The second kappa shape index (κ2) is 8.59. The summed E-state index contributed by atoms with van der Waals surface area (Å²) in [6, 6.07) is 6.09. The van der Waals surface area contributed by atoms with Crippen LogP contribution in [0.25, 0.3) is 0 Å². The second-order valence-electron chi connectivity index (χ2n) is 5.69. The fourth-order valence-electron chi connectivity index (χ4n) is 2.92. The minimum atomic E-state index is 0. The molecular weight excluding hydrogens is 375 g/mol. The number of aromatic hydroxyl groups is 1. The molecule has 1 aromatic rings. The molecule has 0 radical (unpaired) electrons. The van der Waals surface area contributed by atoms with E-state index in [1.165, 1.54) is 24.8 Å². The van der Waals surface area contributed by atoms with Crippen molar-refractivity contribution in [2.24, 2.45) is 5.92 Å². The number of benzene rings is 1. The van der Waals surface area contributed by atoms with E-state index < -0.39 is 0 Å². The van der Waals surface area contributed by atoms with Crippen molar-refractivity contribution in [2.75, 3.05) is 26.2 Å². The van der Waals surface area contributed by atoms with Gasteiger partial charge in [-0.15, -0.1) is 24.8 Å². The lowest BCUT2D eigenvalue weighted by molar-refractivity contribution is 0.160. The molecule has 1 saturated carbocycles. The number of phenolic OH excluding ortho intramolecular Hbond substituents is 1. The van der Waals surface area contributed by atoms with E-state index in [1.54, 1.807) is 6.07 Å². The number of hydrogen-bond acceptors (Lipinski definition) is 3. The number of nitrogens with one attached hydrogen (secondary N) is 1. The molecule has 0 bridgehead atoms. The largest absolute Gasteiger partial charge is 0.508 e. The van der Waals surface area contributed by atoms with Gasteiger partial charge in [0, 0.05) is 36.7 Å². The van der Waals surface area contributed by atoms with Crippen LogP contribution in [0.1, 0.15) is 30.9 Å². The zero-order valence-corrected chi connectivity index (χ0v) is 15.1. The quantitative estimate of drug-likeness (QED) is 0.812. The zero-order valence-electron chi connectivity index (χ0n) is 11.9. The fourth-order valence-corrected chi connectivity index (χ4v) is 3.43. The first-order valence-corrected chi connectivity index (χ1v) is 7.96. The lowest BCUT2D eigenvalue weighted by Crippen LogP contribution is -2.45. The predicted molar refractivity (Wildman–Crippen MR) is 94.8 cm³/mol. The average molecular weight is 398 g/mol. The standard InChI is InChI=1S/C15H21BrN2O.2ClH/c16-14-4-3-12(19)10-13(14)15(9-11-1-2-11)18-7-5-17-6-8-18;;/h3-4,10-11,15,17,19H,1-2,5-9H2;2*1H/t15-;;/m1../s1. The van der Waals surface area contributed by atoms with Gasteiger partial charge < -0.3 is 10.4 Å². The van der Waals surface area contributed by atoms with Crippen LogP contribution in [-0.2, 0) is 0 Å². The molecule has 3 nitrogen and oxygen atoms in total. The molecule has 2 fully saturated rings. The molecule has 2 N–H and O–H groups in total. The molecule has 1 heterocycles. The van der Waals surface area contributed by atoms with Crippen LogP contribution in [0, 0.1) is 5.92 Å². The Morgan fingerprint density at radius 1 is 1.24 bits per heavy atom. The monoisotopic (exact) mass is 396 g/mol. The summed E-state index contributed by atoms with van der Waals surface area (Å²) in [6.07, 6.45) is 3.97. The molecule has 1 aliphatic carbocycles. The number of phenols is 1. The molecule has 2 aliphatic rings. The van der Waals surface area contributed by atoms with Crippen LogP contribution in [0.15, 0.2) is 22.7 Å². The molecule has 3 rings (SSSR count). The summed E-state index contributed by atoms with van der Waals surface area (Å²) in [5.74, 6) is 1.25. The molecule has 0 unspecified atom stereocenters. The van der Waals surface area contributed by atoms with Gasteiger partial charge in [0.1, 0.15) is 5.75 Å². The zero-order chi connectivity index (χ0) is 13.2. The highest BCUT2D eigenvalue weighted by molar-refractivity contribution is 9.10. The van der Waals surface area contributed by atoms with E-state index in [1.807, 2.05) is 12.1 Å². The third kappa shape index (κ3) is 5.00. The van der Waals surface area contributed by atoms with Crippen molar-refractivity contribution in [3.8, 4) is 5.75 Å². The molecule has 21 heavy (non-hydrogen) atoms. The number of piperazine rings is 1. The normalized spacial score (nSPS) is 20.2. The highest BCUT2D eigenvalue weighted by Gasteiger charge is 2.31. The Bertz CT molecular complexity index is 451. The average Bonchev–Trinajstić information content (AvgIpc) is 3.24. The highest BCUT2D eigenvalue weighted by Crippen LogP contribution is 2.42. The van der Waals surface area contributed by atoms with E-state index in [9.17, 15) is 5.11 Å². The lowest BCUT2D eigenvalue weighted by atomic mass is 9.98. The van der Waals surface area contributed by atoms with Crippen molar-refractivity contribution >= 4 is 40.7 Å². The Labute approximate surface area is 147 Å². The summed E-state index contributed by atoms with van der Waals surface area (Å²) in [7, 11) is 0. The minimum Gasteiger partial charge on any atom is -0.508 e. The van der Waals surface area contributed by atoms with Crippen LogP contribution in [0.5, 0.6) is 5.75 Å². The smallest absolute Gasteiger partial charge is 0.115 e. The van der Waals surface area contributed by atoms with Crippen molar-refractivity contribution in [1.82, 2.24) is 10.2 Å². The van der Waals surface area contributed by atoms with Crippen LogP contribution in [0.3, 0.4) is 0 Å². The van der Waals surface area contributed by atoms with Gasteiger partial charge in [0.05, 0.1) is 0 Å². The first-order valence-electron chi connectivity index (χ1n) is 7.17. The topological polar surface area (TPSA) is 35.5 Å². The van der Waals surface area contributed by atoms with E-state index in [-0.39, 0.29) is 24.8 Å². The maximum atomic E-state index is 9.78. The van der Waals surface area contributed by atoms with Crippen molar-refractivity contribution in [1.29, 1.82) is 0 Å². The first kappa shape index (κ1) is 19.0. The van der Waals surface area contributed by atoms with Crippen LogP contribution >= 0.6 is 40.7 Å². The van der Waals surface area contributed by atoms with Gasteiger partial charge in [-0.05, 0) is 36.1 Å². The van der Waals surface area contributed by atoms with Gasteiger partial charge in [-0.25, -0.2) is 0 Å². The van der Waals surface area contributed by atoms with E-state index in [0.717, 1.165) is 36.6 Å². The van der Waals surface area contributed by atoms with Crippen LogP contribution in [0.2, 0.25) is 0 Å². The molecule has 1 aliphatic heterocycles. The first-order chi connectivity index (χ1) is 9.24. The van der Waals surface area contributed by atoms with Crippen LogP contribution < -0.4 is 5.32 Å². The molecule has 1 atom stereocenters. The Kier molecular flexibility index (Phi) is 7.79. The Hall–Kier alpha value is -0.000000000000000111. The van der Waals surface area contributed by atoms with Gasteiger partial charge in [-0.3, -0.25) is 4.90 Å². The lowest BCUT2D eigenvalue weighted by Gasteiger charge is -2.36. The third-order valence-corrected chi connectivity index (χ3v) is 4.91. The Balaban J connectivity index is 0.00000110. The van der Waals surface area contributed by atoms with Gasteiger partial charge in [0.15, 0.2) is 0 Å². The van der Waals surface area contributed by atoms with Crippen LogP contribution in [-0.4, -0.2) is 36.2 Å². The number of nitrogens with zero attached hydrogens (tertiary/aromatic N) is 1. The van der Waals surface area contributed by atoms with Crippen molar-refractivity contribution < 1.29 is 5.11 Å². The van der Waals surface area contributed by atoms with E-state index in [2.05, 4.69) is 26.1 Å². The van der Waals surface area contributed by atoms with E-state index in [0.29, 0.717) is 11.8 Å². The van der Waals surface area contributed by atoms with Crippen molar-refractivity contribution in [2.45, 2.75) is 25.3 Å². The summed E-state index contributed by atoms with van der Waals surface area (Å²) in [5.41, 5.74) is 1.24. The molecule has 1 saturated heterocycles. The molecule has 1 aromatic carbocycles. The van der Waals surface area contributed by atoms with Gasteiger partial charge >= 0.3 is 0 Å².